The van der Waals surface area contributed by atoms with E-state index in [0.717, 1.165) is 34.2 Å². The highest BCUT2D eigenvalue weighted by Gasteiger charge is 2.48. The van der Waals surface area contributed by atoms with Crippen molar-refractivity contribution < 1.29 is 24.2 Å². The molecule has 1 amide bonds. The molecule has 0 spiro atoms. The zero-order valence-electron chi connectivity index (χ0n) is 23.1. The molecule has 1 unspecified atom stereocenters. The van der Waals surface area contributed by atoms with Crippen molar-refractivity contribution in [2.24, 2.45) is 0 Å². The molecule has 2 heterocycles. The topological polar surface area (TPSA) is 89.0 Å². The Balaban J connectivity index is 1.70. The fraction of sp³-hybridized carbons (Fsp3) is 0.281. The highest BCUT2D eigenvalue weighted by atomic mass is 32.1. The summed E-state index contributed by atoms with van der Waals surface area (Å²) in [6.45, 7) is 8.93. The summed E-state index contributed by atoms with van der Waals surface area (Å²) in [5.74, 6) is -0.639. The van der Waals surface area contributed by atoms with E-state index < -0.39 is 17.7 Å². The van der Waals surface area contributed by atoms with Crippen LogP contribution in [0.5, 0.6) is 11.5 Å². The van der Waals surface area contributed by atoms with Gasteiger partial charge in [-0.1, -0.05) is 67.1 Å². The number of Topliss-reactive ketones (excluding diaryl/α,β-unsaturated/α-hetero) is 1. The van der Waals surface area contributed by atoms with Crippen LogP contribution in [0.4, 0.5) is 5.13 Å². The highest BCUT2D eigenvalue weighted by Crippen LogP contribution is 2.46. The molecular weight excluding hydrogens is 524 g/mol. The Morgan fingerprint density at radius 1 is 1.00 bits per heavy atom. The molecule has 1 aliphatic rings. The minimum absolute atomic E-state index is 0.00505. The van der Waals surface area contributed by atoms with Gasteiger partial charge in [-0.3, -0.25) is 14.5 Å². The third kappa shape index (κ3) is 5.07. The number of aliphatic hydroxyl groups is 1. The number of aryl methyl sites for hydroxylation is 2. The fourth-order valence-corrected chi connectivity index (χ4v) is 6.14. The molecule has 1 saturated heterocycles. The first kappa shape index (κ1) is 27.4. The Morgan fingerprint density at radius 2 is 1.77 bits per heavy atom. The van der Waals surface area contributed by atoms with E-state index in [0.29, 0.717) is 41.0 Å². The lowest BCUT2D eigenvalue weighted by Gasteiger charge is -2.24. The van der Waals surface area contributed by atoms with Gasteiger partial charge in [0.05, 0.1) is 35.0 Å². The molecule has 3 aromatic carbocycles. The van der Waals surface area contributed by atoms with E-state index in [2.05, 4.69) is 6.92 Å². The summed E-state index contributed by atoms with van der Waals surface area (Å²) in [7, 11) is 0. The summed E-state index contributed by atoms with van der Waals surface area (Å²) in [6, 6.07) is 17.3. The lowest BCUT2D eigenvalue weighted by molar-refractivity contribution is -0.132. The van der Waals surface area contributed by atoms with Gasteiger partial charge in [0.1, 0.15) is 5.76 Å². The Bertz CT molecular complexity index is 1610. The monoisotopic (exact) mass is 556 g/mol. The molecule has 40 heavy (non-hydrogen) atoms. The van der Waals surface area contributed by atoms with Gasteiger partial charge in [0, 0.05) is 5.56 Å². The van der Waals surface area contributed by atoms with Crippen LogP contribution in [0.2, 0.25) is 0 Å². The van der Waals surface area contributed by atoms with E-state index in [4.69, 9.17) is 14.5 Å². The standard InChI is InChI=1S/C32H32N2O5S/c1-5-7-15-39-23-14-13-22(18-24(23)38-6-2)28-26(29(35)21-11-9-8-10-12-21)30(36)31(37)34(28)32-33-27-20(4)16-19(3)17-25(27)40-32/h8-14,16-18,28,35H,5-7,15H2,1-4H3/b29-26+. The average molecular weight is 557 g/mol. The van der Waals surface area contributed by atoms with Crippen molar-refractivity contribution in [1.82, 2.24) is 4.98 Å². The number of aromatic nitrogens is 1. The number of nitrogens with zero attached hydrogens (tertiary/aromatic N) is 2. The predicted octanol–water partition coefficient (Wildman–Crippen LogP) is 7.12. The first-order valence-electron chi connectivity index (χ1n) is 13.5. The van der Waals surface area contributed by atoms with E-state index >= 15 is 0 Å². The molecule has 0 saturated carbocycles. The second kappa shape index (κ2) is 11.5. The van der Waals surface area contributed by atoms with Gasteiger partial charge in [0.25, 0.3) is 5.78 Å². The van der Waals surface area contributed by atoms with Gasteiger partial charge in [0.2, 0.25) is 0 Å². The number of benzene rings is 3. The average Bonchev–Trinajstić information content (AvgIpc) is 3.48. The van der Waals surface area contributed by atoms with Crippen LogP contribution >= 0.6 is 11.3 Å². The Hall–Kier alpha value is -4.17. The lowest BCUT2D eigenvalue weighted by atomic mass is 9.95. The molecular formula is C32H32N2O5S. The molecule has 0 aliphatic carbocycles. The molecule has 7 nitrogen and oxygen atoms in total. The van der Waals surface area contributed by atoms with Crippen molar-refractivity contribution in [2.45, 2.75) is 46.6 Å². The largest absolute Gasteiger partial charge is 0.507 e. The number of unbranched alkanes of at least 4 members (excludes halogenated alkanes) is 1. The number of ketones is 1. The van der Waals surface area contributed by atoms with E-state index in [1.807, 2.05) is 45.0 Å². The number of ether oxygens (including phenoxy) is 2. The summed E-state index contributed by atoms with van der Waals surface area (Å²) in [5, 5.41) is 11.8. The second-order valence-corrected chi connectivity index (χ2v) is 10.8. The van der Waals surface area contributed by atoms with Gasteiger partial charge < -0.3 is 14.6 Å². The number of carbonyl (C=O) groups excluding carboxylic acids is 2. The van der Waals surface area contributed by atoms with Crippen LogP contribution in [-0.2, 0) is 9.59 Å². The van der Waals surface area contributed by atoms with Crippen molar-refractivity contribution in [1.29, 1.82) is 0 Å². The molecule has 1 aromatic heterocycles. The zero-order chi connectivity index (χ0) is 28.4. The summed E-state index contributed by atoms with van der Waals surface area (Å²) in [6.07, 6.45) is 1.90. The number of thiazole rings is 1. The SMILES string of the molecule is CCCCOc1ccc(C2/C(=C(\O)c3ccccc3)C(=O)C(=O)N2c2nc3c(C)cc(C)cc3s2)cc1OCC. The third-order valence-electron chi connectivity index (χ3n) is 6.86. The van der Waals surface area contributed by atoms with Crippen molar-refractivity contribution >= 4 is 44.1 Å². The van der Waals surface area contributed by atoms with Gasteiger partial charge in [-0.2, -0.15) is 0 Å². The second-order valence-electron chi connectivity index (χ2n) is 9.80. The summed E-state index contributed by atoms with van der Waals surface area (Å²) in [4.78, 5) is 33.4. The Labute approximate surface area is 237 Å². The van der Waals surface area contributed by atoms with Crippen LogP contribution in [-0.4, -0.2) is 35.0 Å². The number of aliphatic hydroxyl groups excluding tert-OH is 1. The molecule has 5 rings (SSSR count). The Kier molecular flexibility index (Phi) is 7.89. The van der Waals surface area contributed by atoms with Crippen molar-refractivity contribution in [2.75, 3.05) is 18.1 Å². The molecule has 1 atom stereocenters. The zero-order valence-corrected chi connectivity index (χ0v) is 23.9. The first-order chi connectivity index (χ1) is 19.3. The summed E-state index contributed by atoms with van der Waals surface area (Å²) in [5.41, 5.74) is 3.92. The quantitative estimate of drug-likeness (QED) is 0.102. The van der Waals surface area contributed by atoms with Gasteiger partial charge in [-0.25, -0.2) is 4.98 Å². The van der Waals surface area contributed by atoms with Gasteiger partial charge in [-0.15, -0.1) is 0 Å². The van der Waals surface area contributed by atoms with Crippen molar-refractivity contribution in [3.8, 4) is 11.5 Å². The molecule has 0 radical (unpaired) electrons. The van der Waals surface area contributed by atoms with Gasteiger partial charge in [0.15, 0.2) is 16.6 Å². The van der Waals surface area contributed by atoms with Crippen molar-refractivity contribution in [3.05, 3.63) is 88.5 Å². The van der Waals surface area contributed by atoms with Crippen LogP contribution in [0.3, 0.4) is 0 Å². The van der Waals surface area contributed by atoms with Gasteiger partial charge >= 0.3 is 5.91 Å². The van der Waals surface area contributed by atoms with Crippen LogP contribution in [0.1, 0.15) is 55.0 Å². The number of hydrogen-bond donors (Lipinski definition) is 1. The molecule has 8 heteroatoms. The third-order valence-corrected chi connectivity index (χ3v) is 7.86. The molecule has 0 bridgehead atoms. The number of carbonyl (C=O) groups is 2. The van der Waals surface area contributed by atoms with Crippen LogP contribution < -0.4 is 14.4 Å². The Morgan fingerprint density at radius 3 is 2.50 bits per heavy atom. The highest BCUT2D eigenvalue weighted by molar-refractivity contribution is 7.22. The van der Waals surface area contributed by atoms with Crippen molar-refractivity contribution in [3.63, 3.8) is 0 Å². The normalized spacial score (nSPS) is 16.6. The first-order valence-corrected chi connectivity index (χ1v) is 14.3. The molecule has 1 N–H and O–H groups in total. The lowest BCUT2D eigenvalue weighted by Crippen LogP contribution is -2.29. The number of amides is 1. The van der Waals surface area contributed by atoms with E-state index in [1.165, 1.54) is 16.2 Å². The molecule has 206 valence electrons. The molecule has 4 aromatic rings. The molecule has 1 aliphatic heterocycles. The van der Waals surface area contributed by atoms with Crippen LogP contribution in [0.25, 0.3) is 16.0 Å². The fourth-order valence-electron chi connectivity index (χ4n) is 4.97. The smallest absolute Gasteiger partial charge is 0.301 e. The van der Waals surface area contributed by atoms with E-state index in [1.54, 1.807) is 36.4 Å². The molecule has 1 fully saturated rings. The summed E-state index contributed by atoms with van der Waals surface area (Å²) >= 11 is 1.35. The number of fused-ring (bicyclic) bond motifs is 1. The summed E-state index contributed by atoms with van der Waals surface area (Å²) < 4.78 is 12.8. The maximum absolute atomic E-state index is 13.7. The predicted molar refractivity (Wildman–Crippen MR) is 158 cm³/mol. The van der Waals surface area contributed by atoms with Crippen LogP contribution in [0.15, 0.2) is 66.2 Å². The minimum Gasteiger partial charge on any atom is -0.507 e. The number of hydrogen-bond acceptors (Lipinski definition) is 7. The maximum atomic E-state index is 13.7. The van der Waals surface area contributed by atoms with Crippen LogP contribution in [0, 0.1) is 13.8 Å². The minimum atomic E-state index is -0.911. The number of rotatable bonds is 9. The van der Waals surface area contributed by atoms with E-state index in [9.17, 15) is 14.7 Å². The number of anilines is 1. The maximum Gasteiger partial charge on any atom is 0.301 e. The van der Waals surface area contributed by atoms with E-state index in [-0.39, 0.29) is 11.3 Å². The van der Waals surface area contributed by atoms with Gasteiger partial charge in [-0.05, 0) is 62.1 Å².